The third kappa shape index (κ3) is 2.36. The van der Waals surface area contributed by atoms with Crippen LogP contribution in [0.3, 0.4) is 0 Å². The summed E-state index contributed by atoms with van der Waals surface area (Å²) in [6.45, 7) is 13.2. The van der Waals surface area contributed by atoms with E-state index in [0.717, 1.165) is 5.57 Å². The minimum atomic E-state index is -1.77. The van der Waals surface area contributed by atoms with Crippen LogP contribution >= 0.6 is 0 Å². The van der Waals surface area contributed by atoms with Gasteiger partial charge in [0.2, 0.25) is 0 Å². The summed E-state index contributed by atoms with van der Waals surface area (Å²) in [5.41, 5.74) is 0.979. The van der Waals surface area contributed by atoms with Crippen LogP contribution in [-0.2, 0) is 9.16 Å². The lowest BCUT2D eigenvalue weighted by Crippen LogP contribution is -2.46. The van der Waals surface area contributed by atoms with Crippen molar-refractivity contribution < 1.29 is 14.3 Å². The van der Waals surface area contributed by atoms with Gasteiger partial charge in [-0.25, -0.2) is 0 Å². The molecule has 98 valence electrons. The summed E-state index contributed by atoms with van der Waals surface area (Å²) >= 11 is 0. The van der Waals surface area contributed by atoms with Crippen molar-refractivity contribution in [1.29, 1.82) is 0 Å². The van der Waals surface area contributed by atoms with Gasteiger partial charge in [-0.3, -0.25) is 0 Å². The summed E-state index contributed by atoms with van der Waals surface area (Å²) in [5, 5.41) is 10.0. The van der Waals surface area contributed by atoms with Crippen LogP contribution in [0.15, 0.2) is 11.6 Å². The molecule has 0 bridgehead atoms. The predicted octanol–water partition coefficient (Wildman–Crippen LogP) is 2.47. The average molecular weight is 256 g/mol. The highest BCUT2D eigenvalue weighted by molar-refractivity contribution is 6.74. The van der Waals surface area contributed by atoms with Crippen LogP contribution in [0.4, 0.5) is 0 Å². The minimum Gasteiger partial charge on any atom is -0.408 e. The molecule has 0 unspecified atom stereocenters. The Hall–Kier alpha value is -0.163. The van der Waals surface area contributed by atoms with Gasteiger partial charge in [0.15, 0.2) is 8.32 Å². The number of hydrogen-bond donors (Lipinski definition) is 1. The van der Waals surface area contributed by atoms with Gasteiger partial charge in [-0.15, -0.1) is 0 Å². The first-order valence-electron chi connectivity index (χ1n) is 6.33. The molecule has 1 aliphatic carbocycles. The zero-order valence-electron chi connectivity index (χ0n) is 11.7. The van der Waals surface area contributed by atoms with E-state index in [-0.39, 0.29) is 23.4 Å². The quantitative estimate of drug-likeness (QED) is 0.469. The highest BCUT2D eigenvalue weighted by Crippen LogP contribution is 2.43. The average Bonchev–Trinajstić information content (AvgIpc) is 2.91. The van der Waals surface area contributed by atoms with E-state index in [1.54, 1.807) is 0 Å². The maximum Gasteiger partial charge on any atom is 0.193 e. The fraction of sp³-hybridized carbons (Fsp3) is 0.846. The standard InChI is InChI=1S/C13H24O3Si/c1-8-7-9(11-12(15-11)10(8)14)16-17(5,6)13(2,3)4/h7,9-12,14H,1-6H3/t9-,10+,11+,12-/m0/s1. The molecule has 1 fully saturated rings. The topological polar surface area (TPSA) is 42.0 Å². The molecule has 3 nitrogen and oxygen atoms in total. The number of rotatable bonds is 2. The largest absolute Gasteiger partial charge is 0.408 e. The Kier molecular flexibility index (Phi) is 3.06. The molecule has 0 amide bonds. The second kappa shape index (κ2) is 3.92. The van der Waals surface area contributed by atoms with Crippen molar-refractivity contribution in [3.8, 4) is 0 Å². The van der Waals surface area contributed by atoms with Crippen LogP contribution in [0.5, 0.6) is 0 Å². The van der Waals surface area contributed by atoms with Crippen molar-refractivity contribution in [2.75, 3.05) is 0 Å². The van der Waals surface area contributed by atoms with E-state index in [2.05, 4.69) is 33.9 Å². The Labute approximate surface area is 105 Å². The molecule has 0 aromatic heterocycles. The third-order valence-corrected chi connectivity index (χ3v) is 8.80. The van der Waals surface area contributed by atoms with Crippen LogP contribution in [-0.4, -0.2) is 37.8 Å². The molecule has 2 aliphatic rings. The molecule has 0 saturated carbocycles. The van der Waals surface area contributed by atoms with Gasteiger partial charge in [0, 0.05) is 0 Å². The lowest BCUT2D eigenvalue weighted by molar-refractivity contribution is 0.164. The van der Waals surface area contributed by atoms with Crippen molar-refractivity contribution in [3.63, 3.8) is 0 Å². The number of aliphatic hydroxyl groups is 1. The minimum absolute atomic E-state index is 0.0318. The van der Waals surface area contributed by atoms with Crippen molar-refractivity contribution in [2.45, 2.75) is 70.2 Å². The van der Waals surface area contributed by atoms with Gasteiger partial charge in [-0.2, -0.15) is 0 Å². The normalized spacial score (nSPS) is 37.5. The zero-order valence-corrected chi connectivity index (χ0v) is 12.7. The van der Waals surface area contributed by atoms with E-state index in [9.17, 15) is 5.11 Å². The molecule has 2 rings (SSSR count). The van der Waals surface area contributed by atoms with Gasteiger partial charge >= 0.3 is 0 Å². The Balaban J connectivity index is 2.11. The van der Waals surface area contributed by atoms with E-state index in [1.165, 1.54) is 0 Å². The molecule has 1 heterocycles. The molecule has 4 heteroatoms. The SMILES string of the molecule is CC1=C[C@H](O[Si](C)(C)C(C)(C)C)[C@H]2O[C@H]2[C@@H]1O. The first kappa shape index (κ1) is 13.3. The third-order valence-electron chi connectivity index (χ3n) is 4.33. The molecule has 1 N–H and O–H groups in total. The summed E-state index contributed by atoms with van der Waals surface area (Å²) in [4.78, 5) is 0. The van der Waals surface area contributed by atoms with Gasteiger partial charge in [-0.05, 0) is 30.6 Å². The smallest absolute Gasteiger partial charge is 0.193 e. The van der Waals surface area contributed by atoms with Crippen LogP contribution in [0, 0.1) is 0 Å². The van der Waals surface area contributed by atoms with Crippen LogP contribution < -0.4 is 0 Å². The van der Waals surface area contributed by atoms with Crippen molar-refractivity contribution in [1.82, 2.24) is 0 Å². The van der Waals surface area contributed by atoms with Crippen molar-refractivity contribution in [2.24, 2.45) is 0 Å². The van der Waals surface area contributed by atoms with E-state index in [4.69, 9.17) is 9.16 Å². The number of epoxide rings is 1. The lowest BCUT2D eigenvalue weighted by atomic mass is 9.96. The predicted molar refractivity (Wildman–Crippen MR) is 70.5 cm³/mol. The van der Waals surface area contributed by atoms with Crippen molar-refractivity contribution >= 4 is 8.32 Å². The molecule has 0 radical (unpaired) electrons. The zero-order chi connectivity index (χ0) is 13.0. The molecule has 0 aromatic rings. The van der Waals surface area contributed by atoms with Crippen LogP contribution in [0.25, 0.3) is 0 Å². The fourth-order valence-electron chi connectivity index (χ4n) is 1.98. The molecule has 1 aliphatic heterocycles. The molecule has 0 spiro atoms. The molecular weight excluding hydrogens is 232 g/mol. The van der Waals surface area contributed by atoms with E-state index < -0.39 is 14.4 Å². The molecule has 4 atom stereocenters. The van der Waals surface area contributed by atoms with E-state index >= 15 is 0 Å². The van der Waals surface area contributed by atoms with E-state index in [1.807, 2.05) is 13.0 Å². The van der Waals surface area contributed by atoms with Gasteiger partial charge < -0.3 is 14.3 Å². The monoisotopic (exact) mass is 256 g/mol. The molecule has 17 heavy (non-hydrogen) atoms. The summed E-state index contributed by atoms with van der Waals surface area (Å²) in [7, 11) is -1.77. The highest BCUT2D eigenvalue weighted by Gasteiger charge is 2.54. The second-order valence-electron chi connectivity index (χ2n) is 6.76. The van der Waals surface area contributed by atoms with Gasteiger partial charge in [-0.1, -0.05) is 26.8 Å². The molecular formula is C13H24O3Si. The molecule has 0 aromatic carbocycles. The van der Waals surface area contributed by atoms with Gasteiger partial charge in [0.25, 0.3) is 0 Å². The number of ether oxygens (including phenoxy) is 1. The summed E-state index contributed by atoms with van der Waals surface area (Å²) < 4.78 is 11.9. The number of fused-ring (bicyclic) bond motifs is 1. The van der Waals surface area contributed by atoms with Gasteiger partial charge in [0.1, 0.15) is 18.3 Å². The van der Waals surface area contributed by atoms with E-state index in [0.29, 0.717) is 0 Å². The summed E-state index contributed by atoms with van der Waals surface area (Å²) in [6, 6.07) is 0. The fourth-order valence-corrected chi connectivity index (χ4v) is 3.22. The van der Waals surface area contributed by atoms with Crippen molar-refractivity contribution in [3.05, 3.63) is 11.6 Å². The van der Waals surface area contributed by atoms with Crippen LogP contribution in [0.2, 0.25) is 18.1 Å². The Morgan fingerprint density at radius 2 is 1.88 bits per heavy atom. The Bertz CT molecular complexity index is 343. The first-order chi connectivity index (χ1) is 7.63. The van der Waals surface area contributed by atoms with Gasteiger partial charge in [0.05, 0.1) is 6.10 Å². The number of hydrogen-bond acceptors (Lipinski definition) is 3. The Morgan fingerprint density at radius 1 is 1.29 bits per heavy atom. The maximum absolute atomic E-state index is 9.83. The lowest BCUT2D eigenvalue weighted by Gasteiger charge is -2.39. The number of aliphatic hydroxyl groups excluding tert-OH is 1. The van der Waals surface area contributed by atoms with Crippen LogP contribution in [0.1, 0.15) is 27.7 Å². The summed E-state index contributed by atoms with van der Waals surface area (Å²) in [5.74, 6) is 0. The summed E-state index contributed by atoms with van der Waals surface area (Å²) in [6.07, 6.45) is 1.68. The molecule has 1 saturated heterocycles. The maximum atomic E-state index is 9.83. The second-order valence-corrected chi connectivity index (χ2v) is 11.5. The first-order valence-corrected chi connectivity index (χ1v) is 9.24. The highest BCUT2D eigenvalue weighted by atomic mass is 28.4. The Morgan fingerprint density at radius 3 is 2.41 bits per heavy atom.